The Kier molecular flexibility index (Phi) is 2.81. The van der Waals surface area contributed by atoms with Crippen molar-refractivity contribution in [2.24, 2.45) is 0 Å². The lowest BCUT2D eigenvalue weighted by molar-refractivity contribution is 0.906. The van der Waals surface area contributed by atoms with Gasteiger partial charge in [-0.2, -0.15) is 0 Å². The quantitative estimate of drug-likeness (QED) is 0.780. The van der Waals surface area contributed by atoms with Crippen molar-refractivity contribution >= 4 is 17.4 Å². The van der Waals surface area contributed by atoms with Crippen LogP contribution in [-0.4, -0.2) is 5.88 Å². The lowest BCUT2D eigenvalue weighted by Crippen LogP contribution is -2.18. The lowest BCUT2D eigenvalue weighted by atomic mass is 10.2. The normalized spacial score (nSPS) is 13.8. The van der Waals surface area contributed by atoms with E-state index < -0.39 is 0 Å². The minimum Gasteiger partial charge on any atom is -0.357 e. The number of hydrogen-bond donors (Lipinski definition) is 0. The zero-order chi connectivity index (χ0) is 11.7. The minimum absolute atomic E-state index is 1.00. The van der Waals surface area contributed by atoms with Crippen LogP contribution in [0.4, 0.5) is 5.69 Å². The molecule has 3 rings (SSSR count). The second kappa shape index (κ2) is 4.46. The molecule has 0 saturated heterocycles. The number of rotatable bonds is 2. The molecular formula is C15H15NS. The van der Waals surface area contributed by atoms with Gasteiger partial charge in [-0.05, 0) is 30.2 Å². The molecule has 0 aromatic heterocycles. The summed E-state index contributed by atoms with van der Waals surface area (Å²) < 4.78 is 0. The van der Waals surface area contributed by atoms with E-state index in [0.717, 1.165) is 12.4 Å². The lowest BCUT2D eigenvalue weighted by Gasteiger charge is -2.18. The SMILES string of the molecule is Cc1ccc2c(c1)N(Cc1ccccc1)CS2. The van der Waals surface area contributed by atoms with Crippen LogP contribution in [0.5, 0.6) is 0 Å². The monoisotopic (exact) mass is 241 g/mol. The first-order valence-electron chi connectivity index (χ1n) is 5.85. The fourth-order valence-electron chi connectivity index (χ4n) is 2.15. The van der Waals surface area contributed by atoms with Crippen LogP contribution >= 0.6 is 11.8 Å². The molecule has 0 aliphatic carbocycles. The molecule has 0 fully saturated rings. The predicted molar refractivity (Wildman–Crippen MR) is 74.5 cm³/mol. The zero-order valence-electron chi connectivity index (χ0n) is 9.89. The average Bonchev–Trinajstić information content (AvgIpc) is 2.73. The standard InChI is InChI=1S/C15H15NS/c1-12-7-8-15-14(9-12)16(11-17-15)10-13-5-3-2-4-6-13/h2-9H,10-11H2,1H3. The highest BCUT2D eigenvalue weighted by Gasteiger charge is 2.19. The third-order valence-corrected chi connectivity index (χ3v) is 4.14. The maximum absolute atomic E-state index is 2.45. The van der Waals surface area contributed by atoms with E-state index in [1.807, 2.05) is 11.8 Å². The van der Waals surface area contributed by atoms with Crippen LogP contribution in [0.1, 0.15) is 11.1 Å². The maximum Gasteiger partial charge on any atom is 0.0690 e. The summed E-state index contributed by atoms with van der Waals surface area (Å²) in [5.41, 5.74) is 4.10. The molecule has 1 heterocycles. The molecule has 0 saturated carbocycles. The smallest absolute Gasteiger partial charge is 0.0690 e. The summed E-state index contributed by atoms with van der Waals surface area (Å²) in [5, 5.41) is 0. The van der Waals surface area contributed by atoms with E-state index in [-0.39, 0.29) is 0 Å². The van der Waals surface area contributed by atoms with Crippen LogP contribution < -0.4 is 4.90 Å². The maximum atomic E-state index is 2.45. The van der Waals surface area contributed by atoms with Crippen LogP contribution in [0.3, 0.4) is 0 Å². The molecule has 0 N–H and O–H groups in total. The van der Waals surface area contributed by atoms with Crippen molar-refractivity contribution in [1.82, 2.24) is 0 Å². The molecule has 2 heteroatoms. The van der Waals surface area contributed by atoms with E-state index in [0.29, 0.717) is 0 Å². The van der Waals surface area contributed by atoms with Crippen molar-refractivity contribution in [3.8, 4) is 0 Å². The summed E-state index contributed by atoms with van der Waals surface area (Å²) in [4.78, 5) is 3.86. The topological polar surface area (TPSA) is 3.24 Å². The number of nitrogens with zero attached hydrogens (tertiary/aromatic N) is 1. The number of benzene rings is 2. The summed E-state index contributed by atoms with van der Waals surface area (Å²) in [7, 11) is 0. The Balaban J connectivity index is 1.86. The third-order valence-electron chi connectivity index (χ3n) is 3.05. The zero-order valence-corrected chi connectivity index (χ0v) is 10.7. The van der Waals surface area contributed by atoms with Crippen LogP contribution in [-0.2, 0) is 6.54 Å². The summed E-state index contributed by atoms with van der Waals surface area (Å²) in [6.45, 7) is 3.16. The number of aryl methyl sites for hydroxylation is 1. The summed E-state index contributed by atoms with van der Waals surface area (Å²) in [5.74, 6) is 1.06. The van der Waals surface area contributed by atoms with Gasteiger partial charge in [0.2, 0.25) is 0 Å². The van der Waals surface area contributed by atoms with Gasteiger partial charge in [0.05, 0.1) is 11.6 Å². The van der Waals surface area contributed by atoms with Gasteiger partial charge < -0.3 is 4.90 Å². The molecule has 0 spiro atoms. The highest BCUT2D eigenvalue weighted by molar-refractivity contribution is 7.99. The molecule has 1 aliphatic rings. The molecule has 2 aromatic rings. The van der Waals surface area contributed by atoms with Crippen molar-refractivity contribution in [2.45, 2.75) is 18.4 Å². The fourth-order valence-corrected chi connectivity index (χ4v) is 3.17. The molecule has 2 aromatic carbocycles. The Morgan fingerprint density at radius 2 is 1.94 bits per heavy atom. The highest BCUT2D eigenvalue weighted by Crippen LogP contribution is 2.39. The van der Waals surface area contributed by atoms with E-state index >= 15 is 0 Å². The summed E-state index contributed by atoms with van der Waals surface area (Å²) >= 11 is 1.93. The first-order chi connectivity index (χ1) is 8.33. The Bertz CT molecular complexity index is 522. The van der Waals surface area contributed by atoms with Crippen molar-refractivity contribution in [3.63, 3.8) is 0 Å². The van der Waals surface area contributed by atoms with Gasteiger partial charge in [0.25, 0.3) is 0 Å². The summed E-state index contributed by atoms with van der Waals surface area (Å²) in [6.07, 6.45) is 0. The van der Waals surface area contributed by atoms with Crippen molar-refractivity contribution in [2.75, 3.05) is 10.8 Å². The van der Waals surface area contributed by atoms with Gasteiger partial charge in [-0.3, -0.25) is 0 Å². The van der Waals surface area contributed by atoms with E-state index in [2.05, 4.69) is 60.4 Å². The Labute approximate surface area is 106 Å². The Hall–Kier alpha value is -1.41. The van der Waals surface area contributed by atoms with Crippen molar-refractivity contribution < 1.29 is 0 Å². The van der Waals surface area contributed by atoms with Gasteiger partial charge in [0.15, 0.2) is 0 Å². The van der Waals surface area contributed by atoms with Crippen molar-refractivity contribution in [3.05, 3.63) is 59.7 Å². The number of anilines is 1. The van der Waals surface area contributed by atoms with Gasteiger partial charge in [-0.25, -0.2) is 0 Å². The van der Waals surface area contributed by atoms with E-state index in [4.69, 9.17) is 0 Å². The van der Waals surface area contributed by atoms with Gasteiger partial charge >= 0.3 is 0 Å². The van der Waals surface area contributed by atoms with Gasteiger partial charge in [0.1, 0.15) is 0 Å². The van der Waals surface area contributed by atoms with Crippen LogP contribution in [0.15, 0.2) is 53.4 Å². The first-order valence-corrected chi connectivity index (χ1v) is 6.84. The Morgan fingerprint density at radius 3 is 2.76 bits per heavy atom. The average molecular weight is 241 g/mol. The molecule has 0 unspecified atom stereocenters. The minimum atomic E-state index is 1.00. The number of thioether (sulfide) groups is 1. The molecule has 86 valence electrons. The molecule has 0 bridgehead atoms. The van der Waals surface area contributed by atoms with Gasteiger partial charge in [0, 0.05) is 11.4 Å². The number of hydrogen-bond acceptors (Lipinski definition) is 2. The molecule has 0 radical (unpaired) electrons. The molecule has 0 amide bonds. The van der Waals surface area contributed by atoms with Crippen molar-refractivity contribution in [1.29, 1.82) is 0 Å². The van der Waals surface area contributed by atoms with Gasteiger partial charge in [-0.15, -0.1) is 11.8 Å². The Morgan fingerprint density at radius 1 is 1.12 bits per heavy atom. The predicted octanol–water partition coefficient (Wildman–Crippen LogP) is 4.06. The van der Waals surface area contributed by atoms with Gasteiger partial charge in [-0.1, -0.05) is 36.4 Å². The highest BCUT2D eigenvalue weighted by atomic mass is 32.2. The van der Waals surface area contributed by atoms with Crippen LogP contribution in [0, 0.1) is 6.92 Å². The first kappa shape index (κ1) is 10.7. The molecule has 17 heavy (non-hydrogen) atoms. The number of fused-ring (bicyclic) bond motifs is 1. The third kappa shape index (κ3) is 2.18. The largest absolute Gasteiger partial charge is 0.357 e. The van der Waals surface area contributed by atoms with E-state index in [9.17, 15) is 0 Å². The molecule has 0 atom stereocenters. The fraction of sp³-hybridized carbons (Fsp3) is 0.200. The second-order valence-corrected chi connectivity index (χ2v) is 5.41. The molecule has 1 aliphatic heterocycles. The molecule has 1 nitrogen and oxygen atoms in total. The van der Waals surface area contributed by atoms with Crippen LogP contribution in [0.2, 0.25) is 0 Å². The van der Waals surface area contributed by atoms with E-state index in [1.165, 1.54) is 21.7 Å². The summed E-state index contributed by atoms with van der Waals surface area (Å²) in [6, 6.07) is 17.4. The van der Waals surface area contributed by atoms with E-state index in [1.54, 1.807) is 0 Å². The van der Waals surface area contributed by atoms with Crippen LogP contribution in [0.25, 0.3) is 0 Å². The second-order valence-electron chi connectivity index (χ2n) is 4.43. The molecular weight excluding hydrogens is 226 g/mol.